The Balaban J connectivity index is 0. The van der Waals surface area contributed by atoms with Crippen molar-refractivity contribution in [2.45, 2.75) is 71.1 Å². The lowest BCUT2D eigenvalue weighted by Crippen LogP contribution is -1.93. The first-order valence-electron chi connectivity index (χ1n) is 6.55. The number of rotatable bonds is 10. The topological polar surface area (TPSA) is 54.4 Å². The largest absolute Gasteiger partial charge is 0.481 e. The van der Waals surface area contributed by atoms with Crippen molar-refractivity contribution in [2.24, 2.45) is 0 Å². The fourth-order valence-electron chi connectivity index (χ4n) is 1.59. The molecule has 0 heterocycles. The van der Waals surface area contributed by atoms with Gasteiger partial charge in [-0.25, -0.2) is 4.79 Å². The van der Waals surface area contributed by atoms with Crippen molar-refractivity contribution in [3.05, 3.63) is 6.58 Å². The zero-order valence-electron chi connectivity index (χ0n) is 11.0. The van der Waals surface area contributed by atoms with Crippen LogP contribution in [0.1, 0.15) is 71.1 Å². The highest BCUT2D eigenvalue weighted by Gasteiger charge is 1.96. The highest BCUT2D eigenvalue weighted by atomic mass is 16.4. The average Bonchev–Trinajstić information content (AvgIpc) is 2.27. The van der Waals surface area contributed by atoms with Crippen LogP contribution in [-0.4, -0.2) is 17.0 Å². The van der Waals surface area contributed by atoms with Crippen molar-refractivity contribution in [1.82, 2.24) is 0 Å². The van der Waals surface area contributed by atoms with Gasteiger partial charge < -0.3 is 5.11 Å². The SMILES string of the molecule is C=C=O.CCCCCCCCCCCC(=O)O. The second-order valence-corrected chi connectivity index (χ2v) is 4.12. The van der Waals surface area contributed by atoms with E-state index in [1.165, 1.54) is 50.9 Å². The van der Waals surface area contributed by atoms with Gasteiger partial charge in [-0.3, -0.25) is 4.79 Å². The van der Waals surface area contributed by atoms with E-state index in [1.807, 2.05) is 0 Å². The zero-order valence-corrected chi connectivity index (χ0v) is 11.0. The molecule has 0 atom stereocenters. The Kier molecular flexibility index (Phi) is 18.6. The molecule has 0 radical (unpaired) electrons. The van der Waals surface area contributed by atoms with E-state index in [0.717, 1.165) is 12.8 Å². The summed E-state index contributed by atoms with van der Waals surface area (Å²) >= 11 is 0. The fourth-order valence-corrected chi connectivity index (χ4v) is 1.59. The Bertz CT molecular complexity index is 194. The van der Waals surface area contributed by atoms with Gasteiger partial charge >= 0.3 is 5.97 Å². The van der Waals surface area contributed by atoms with Crippen LogP contribution in [0.15, 0.2) is 6.58 Å². The van der Waals surface area contributed by atoms with E-state index in [0.29, 0.717) is 6.42 Å². The molecule has 0 aromatic heterocycles. The monoisotopic (exact) mass is 242 g/mol. The van der Waals surface area contributed by atoms with Crippen LogP contribution in [0.4, 0.5) is 0 Å². The summed E-state index contributed by atoms with van der Waals surface area (Å²) in [5.74, 6) is 0.591. The van der Waals surface area contributed by atoms with Gasteiger partial charge in [-0.05, 0) is 13.0 Å². The highest BCUT2D eigenvalue weighted by Crippen LogP contribution is 2.10. The molecule has 0 unspecified atom stereocenters. The van der Waals surface area contributed by atoms with Gasteiger partial charge in [-0.15, -0.1) is 0 Å². The Morgan fingerprint density at radius 1 is 1.00 bits per heavy atom. The molecule has 100 valence electrons. The molecule has 0 spiro atoms. The zero-order chi connectivity index (χ0) is 13.4. The minimum Gasteiger partial charge on any atom is -0.481 e. The molecule has 17 heavy (non-hydrogen) atoms. The van der Waals surface area contributed by atoms with Gasteiger partial charge in [0, 0.05) is 6.42 Å². The average molecular weight is 242 g/mol. The number of carboxylic acids is 1. The van der Waals surface area contributed by atoms with E-state index in [-0.39, 0.29) is 0 Å². The molecule has 0 aliphatic heterocycles. The fraction of sp³-hybridized carbons (Fsp3) is 0.786. The number of hydrogen-bond donors (Lipinski definition) is 1. The first-order chi connectivity index (χ1) is 8.18. The molecule has 0 fully saturated rings. The van der Waals surface area contributed by atoms with Crippen molar-refractivity contribution in [3.8, 4) is 0 Å². The van der Waals surface area contributed by atoms with Crippen LogP contribution in [0.5, 0.6) is 0 Å². The summed E-state index contributed by atoms with van der Waals surface area (Å²) < 4.78 is 0. The molecule has 3 heteroatoms. The van der Waals surface area contributed by atoms with E-state index in [1.54, 1.807) is 0 Å². The second kappa shape index (κ2) is 17.3. The maximum atomic E-state index is 10.2. The number of aliphatic carboxylic acids is 1. The van der Waals surface area contributed by atoms with Gasteiger partial charge in [0.05, 0.1) is 0 Å². The molecule has 0 saturated carbocycles. The lowest BCUT2D eigenvalue weighted by Gasteiger charge is -2.00. The van der Waals surface area contributed by atoms with Gasteiger partial charge in [-0.1, -0.05) is 58.3 Å². The summed E-state index contributed by atoms with van der Waals surface area (Å²) in [6, 6.07) is 0. The van der Waals surface area contributed by atoms with Crippen LogP contribution in [-0.2, 0) is 9.59 Å². The lowest BCUT2D eigenvalue weighted by atomic mass is 10.1. The summed E-state index contributed by atoms with van der Waals surface area (Å²) in [7, 11) is 0. The van der Waals surface area contributed by atoms with Crippen LogP contribution >= 0.6 is 0 Å². The number of carboxylic acid groups (broad SMARTS) is 1. The minimum absolute atomic E-state index is 0.343. The molecule has 0 amide bonds. The van der Waals surface area contributed by atoms with Crippen molar-refractivity contribution in [2.75, 3.05) is 0 Å². The van der Waals surface area contributed by atoms with Crippen molar-refractivity contribution in [1.29, 1.82) is 0 Å². The maximum absolute atomic E-state index is 10.2. The van der Waals surface area contributed by atoms with Crippen LogP contribution in [0.3, 0.4) is 0 Å². The van der Waals surface area contributed by atoms with E-state index in [2.05, 4.69) is 13.5 Å². The lowest BCUT2D eigenvalue weighted by molar-refractivity contribution is -0.137. The van der Waals surface area contributed by atoms with Crippen LogP contribution in [0.25, 0.3) is 0 Å². The van der Waals surface area contributed by atoms with Crippen molar-refractivity contribution >= 4 is 11.9 Å². The molecule has 0 aliphatic carbocycles. The van der Waals surface area contributed by atoms with Gasteiger partial charge in [-0.2, -0.15) is 0 Å². The Hall–Kier alpha value is -1.08. The first-order valence-corrected chi connectivity index (χ1v) is 6.55. The third-order valence-corrected chi connectivity index (χ3v) is 2.49. The van der Waals surface area contributed by atoms with Crippen molar-refractivity contribution < 1.29 is 14.7 Å². The summed E-state index contributed by atoms with van der Waals surface area (Å²) in [6.45, 7) is 4.91. The van der Waals surface area contributed by atoms with E-state index in [4.69, 9.17) is 9.90 Å². The van der Waals surface area contributed by atoms with E-state index >= 15 is 0 Å². The molecular weight excluding hydrogens is 216 g/mol. The van der Waals surface area contributed by atoms with Gasteiger partial charge in [0.2, 0.25) is 0 Å². The van der Waals surface area contributed by atoms with E-state index in [9.17, 15) is 4.79 Å². The third-order valence-electron chi connectivity index (χ3n) is 2.49. The smallest absolute Gasteiger partial charge is 0.303 e. The van der Waals surface area contributed by atoms with Gasteiger partial charge in [0.25, 0.3) is 0 Å². The quantitative estimate of drug-likeness (QED) is 0.465. The molecule has 0 saturated heterocycles. The Morgan fingerprint density at radius 3 is 1.71 bits per heavy atom. The molecule has 3 nitrogen and oxygen atoms in total. The standard InChI is InChI=1S/C12H24O2.C2H2O/c1-2-3-4-5-6-7-8-9-10-11-12(13)14;1-2-3/h2-11H2,1H3,(H,13,14);1H2. The normalized spacial score (nSPS) is 9.00. The van der Waals surface area contributed by atoms with Gasteiger partial charge in [0.15, 0.2) is 0 Å². The molecule has 0 rings (SSSR count). The molecule has 0 bridgehead atoms. The molecule has 0 aromatic carbocycles. The summed E-state index contributed by atoms with van der Waals surface area (Å²) in [4.78, 5) is 18.8. The van der Waals surface area contributed by atoms with Crippen molar-refractivity contribution in [3.63, 3.8) is 0 Å². The minimum atomic E-state index is -0.659. The highest BCUT2D eigenvalue weighted by molar-refractivity contribution is 5.66. The van der Waals surface area contributed by atoms with Crippen LogP contribution in [0.2, 0.25) is 0 Å². The molecule has 1 N–H and O–H groups in total. The molecule has 0 aliphatic rings. The third kappa shape index (κ3) is 25.3. The van der Waals surface area contributed by atoms with E-state index < -0.39 is 5.97 Å². The predicted octanol–water partition coefficient (Wildman–Crippen LogP) is 4.00. The summed E-state index contributed by atoms with van der Waals surface area (Å²) in [5, 5.41) is 8.41. The number of unbranched alkanes of at least 4 members (excludes halogenated alkanes) is 8. The van der Waals surface area contributed by atoms with Gasteiger partial charge in [0.1, 0.15) is 5.94 Å². The maximum Gasteiger partial charge on any atom is 0.303 e. The molecule has 0 aromatic rings. The summed E-state index contributed by atoms with van der Waals surface area (Å²) in [5.41, 5.74) is 0. The number of carbonyl (C=O) groups excluding carboxylic acids is 1. The van der Waals surface area contributed by atoms with Crippen LogP contribution < -0.4 is 0 Å². The molecular formula is C14H26O3. The van der Waals surface area contributed by atoms with Crippen LogP contribution in [0, 0.1) is 0 Å². The summed E-state index contributed by atoms with van der Waals surface area (Å²) in [6.07, 6.45) is 11.5. The second-order valence-electron chi connectivity index (χ2n) is 4.12. The first kappa shape index (κ1) is 18.3. The number of carbonyl (C=O) groups is 1. The Morgan fingerprint density at radius 2 is 1.35 bits per heavy atom. The Labute approximate surface area is 105 Å². The predicted molar refractivity (Wildman–Crippen MR) is 70.8 cm³/mol. The number of hydrogen-bond acceptors (Lipinski definition) is 2.